The zero-order valence-corrected chi connectivity index (χ0v) is 17.7. The fourth-order valence-electron chi connectivity index (χ4n) is 3.35. The van der Waals surface area contributed by atoms with E-state index in [1.807, 2.05) is 6.92 Å². The Hall–Kier alpha value is -3.56. The van der Waals surface area contributed by atoms with Crippen molar-refractivity contribution in [1.82, 2.24) is 10.6 Å². The van der Waals surface area contributed by atoms with Crippen LogP contribution in [0.5, 0.6) is 5.75 Å². The molecule has 0 saturated heterocycles. The number of carboxylic acid groups (broad SMARTS) is 1. The minimum atomic E-state index is -1.18. The van der Waals surface area contributed by atoms with Gasteiger partial charge < -0.3 is 30.6 Å². The van der Waals surface area contributed by atoms with Gasteiger partial charge in [-0.15, -0.1) is 0 Å². The number of urea groups is 1. The number of benzene rings is 1. The van der Waals surface area contributed by atoms with Gasteiger partial charge in [0, 0.05) is 6.54 Å². The summed E-state index contributed by atoms with van der Waals surface area (Å²) in [4.78, 5) is 47.1. The standard InChI is InChI=1S/C21H27N3O7/c1-11-8-15(30-3)18-12(2)13(20(28)31-16(18)9-11)10-17(25)24-14(19(26)27)6-4-5-7-23-21(22)29/h8-9,14H,4-7,10H2,1-3H3,(H,24,25)(H,26,27)(H3,22,23,29). The SMILES string of the molecule is COc1cc(C)cc2oc(=O)c(CC(=O)NC(CCCCNC(N)=O)C(=O)O)c(C)c12. The van der Waals surface area contributed by atoms with Crippen LogP contribution in [0.15, 0.2) is 21.3 Å². The molecule has 1 unspecified atom stereocenters. The first-order valence-corrected chi connectivity index (χ1v) is 9.80. The molecule has 1 heterocycles. The second-order valence-corrected chi connectivity index (χ2v) is 7.26. The average Bonchev–Trinajstić information content (AvgIpc) is 2.68. The number of hydrogen-bond donors (Lipinski definition) is 4. The molecule has 1 aromatic heterocycles. The monoisotopic (exact) mass is 433 g/mol. The molecule has 0 spiro atoms. The molecule has 2 aromatic rings. The van der Waals surface area contributed by atoms with Gasteiger partial charge in [0.05, 0.1) is 24.5 Å². The Morgan fingerprint density at radius 2 is 1.94 bits per heavy atom. The van der Waals surface area contributed by atoms with Gasteiger partial charge in [-0.1, -0.05) is 0 Å². The number of carboxylic acids is 1. The Morgan fingerprint density at radius 3 is 2.55 bits per heavy atom. The van der Waals surface area contributed by atoms with Crippen LogP contribution in [0.1, 0.15) is 36.0 Å². The third-order valence-corrected chi connectivity index (χ3v) is 4.90. The molecule has 0 saturated carbocycles. The smallest absolute Gasteiger partial charge is 0.340 e. The molecule has 10 nitrogen and oxygen atoms in total. The Labute approximate surface area is 178 Å². The molecule has 31 heavy (non-hydrogen) atoms. The second kappa shape index (κ2) is 10.5. The summed E-state index contributed by atoms with van der Waals surface area (Å²) in [6.07, 6.45) is 0.800. The molecular weight excluding hydrogens is 406 g/mol. The average molecular weight is 433 g/mol. The number of aryl methyl sites for hydroxylation is 2. The van der Waals surface area contributed by atoms with Gasteiger partial charge >= 0.3 is 17.6 Å². The summed E-state index contributed by atoms with van der Waals surface area (Å²) in [7, 11) is 1.50. The van der Waals surface area contributed by atoms with E-state index in [1.54, 1.807) is 19.1 Å². The Kier molecular flexibility index (Phi) is 8.00. The van der Waals surface area contributed by atoms with E-state index in [2.05, 4.69) is 10.6 Å². The van der Waals surface area contributed by atoms with Crippen LogP contribution < -0.4 is 26.7 Å². The van der Waals surface area contributed by atoms with E-state index in [4.69, 9.17) is 14.9 Å². The highest BCUT2D eigenvalue weighted by atomic mass is 16.5. The summed E-state index contributed by atoms with van der Waals surface area (Å²) >= 11 is 0. The molecular formula is C21H27N3O7. The van der Waals surface area contributed by atoms with Crippen molar-refractivity contribution in [2.24, 2.45) is 5.73 Å². The number of primary amides is 1. The molecule has 2 rings (SSSR count). The number of rotatable bonds is 10. The van der Waals surface area contributed by atoms with E-state index in [0.717, 1.165) is 5.56 Å². The van der Waals surface area contributed by atoms with Crippen LogP contribution in [-0.4, -0.2) is 42.7 Å². The van der Waals surface area contributed by atoms with Crippen LogP contribution in [0.2, 0.25) is 0 Å². The van der Waals surface area contributed by atoms with E-state index < -0.39 is 29.6 Å². The summed E-state index contributed by atoms with van der Waals surface area (Å²) in [6, 6.07) is 1.74. The van der Waals surface area contributed by atoms with Gasteiger partial charge in [-0.2, -0.15) is 0 Å². The van der Waals surface area contributed by atoms with Gasteiger partial charge in [-0.05, 0) is 56.4 Å². The molecule has 10 heteroatoms. The minimum absolute atomic E-state index is 0.141. The molecule has 0 aliphatic rings. The van der Waals surface area contributed by atoms with E-state index in [-0.39, 0.29) is 18.4 Å². The van der Waals surface area contributed by atoms with Crippen LogP contribution in [0, 0.1) is 13.8 Å². The number of ether oxygens (including phenoxy) is 1. The second-order valence-electron chi connectivity index (χ2n) is 7.26. The molecule has 1 aromatic carbocycles. The Bertz CT molecular complexity index is 1050. The number of aliphatic carboxylic acids is 1. The predicted octanol–water partition coefficient (Wildman–Crippen LogP) is 1.37. The molecule has 0 aliphatic carbocycles. The van der Waals surface area contributed by atoms with Gasteiger partial charge in [-0.3, -0.25) is 4.79 Å². The third-order valence-electron chi connectivity index (χ3n) is 4.90. The molecule has 168 valence electrons. The van der Waals surface area contributed by atoms with Crippen LogP contribution >= 0.6 is 0 Å². The summed E-state index contributed by atoms with van der Waals surface area (Å²) in [5.74, 6) is -1.27. The van der Waals surface area contributed by atoms with Crippen molar-refractivity contribution in [1.29, 1.82) is 0 Å². The fraction of sp³-hybridized carbons (Fsp3) is 0.429. The normalized spacial score (nSPS) is 11.7. The van der Waals surface area contributed by atoms with Gasteiger partial charge in [0.2, 0.25) is 5.91 Å². The van der Waals surface area contributed by atoms with Crippen LogP contribution in [0.25, 0.3) is 11.0 Å². The number of amides is 3. The first-order chi connectivity index (χ1) is 14.6. The number of carbonyl (C=O) groups is 3. The first-order valence-electron chi connectivity index (χ1n) is 9.80. The number of hydrogen-bond acceptors (Lipinski definition) is 6. The maximum atomic E-state index is 12.5. The summed E-state index contributed by atoms with van der Waals surface area (Å²) in [6.45, 7) is 3.85. The van der Waals surface area contributed by atoms with Crippen molar-refractivity contribution in [2.75, 3.05) is 13.7 Å². The lowest BCUT2D eigenvalue weighted by Crippen LogP contribution is -2.42. The Balaban J connectivity index is 2.14. The zero-order valence-electron chi connectivity index (χ0n) is 17.7. The van der Waals surface area contributed by atoms with Crippen molar-refractivity contribution < 1.29 is 28.6 Å². The number of fused-ring (bicyclic) bond motifs is 1. The maximum absolute atomic E-state index is 12.5. The number of carbonyl (C=O) groups excluding carboxylic acids is 2. The van der Waals surface area contributed by atoms with Gasteiger partial charge in [-0.25, -0.2) is 14.4 Å². The topological polar surface area (TPSA) is 161 Å². The van der Waals surface area contributed by atoms with Crippen molar-refractivity contribution in [3.63, 3.8) is 0 Å². The van der Waals surface area contributed by atoms with E-state index in [0.29, 0.717) is 41.7 Å². The third kappa shape index (κ3) is 6.21. The number of nitrogens with one attached hydrogen (secondary N) is 2. The van der Waals surface area contributed by atoms with Crippen molar-refractivity contribution in [2.45, 2.75) is 45.6 Å². The summed E-state index contributed by atoms with van der Waals surface area (Å²) in [5, 5.41) is 14.8. The highest BCUT2D eigenvalue weighted by Crippen LogP contribution is 2.30. The van der Waals surface area contributed by atoms with Gasteiger partial charge in [0.25, 0.3) is 0 Å². The lowest BCUT2D eigenvalue weighted by molar-refractivity contribution is -0.142. The highest BCUT2D eigenvalue weighted by Gasteiger charge is 2.22. The molecule has 0 radical (unpaired) electrons. The highest BCUT2D eigenvalue weighted by molar-refractivity contribution is 5.90. The quantitative estimate of drug-likeness (QED) is 0.325. The predicted molar refractivity (Wildman–Crippen MR) is 113 cm³/mol. The summed E-state index contributed by atoms with van der Waals surface area (Å²) in [5.41, 5.74) is 6.21. The maximum Gasteiger partial charge on any atom is 0.340 e. The molecule has 0 bridgehead atoms. The van der Waals surface area contributed by atoms with E-state index in [1.165, 1.54) is 7.11 Å². The van der Waals surface area contributed by atoms with Crippen molar-refractivity contribution in [3.8, 4) is 5.75 Å². The van der Waals surface area contributed by atoms with Crippen LogP contribution in [0.3, 0.4) is 0 Å². The van der Waals surface area contributed by atoms with Crippen LogP contribution in [0.4, 0.5) is 4.79 Å². The lowest BCUT2D eigenvalue weighted by Gasteiger charge is -2.15. The lowest BCUT2D eigenvalue weighted by atomic mass is 10.0. The van der Waals surface area contributed by atoms with Crippen molar-refractivity contribution in [3.05, 3.63) is 39.2 Å². The van der Waals surface area contributed by atoms with E-state index >= 15 is 0 Å². The largest absolute Gasteiger partial charge is 0.496 e. The molecule has 0 aliphatic heterocycles. The van der Waals surface area contributed by atoms with E-state index in [9.17, 15) is 24.3 Å². The number of nitrogens with two attached hydrogens (primary N) is 1. The minimum Gasteiger partial charge on any atom is -0.496 e. The van der Waals surface area contributed by atoms with Crippen molar-refractivity contribution >= 4 is 28.9 Å². The molecule has 5 N–H and O–H groups in total. The number of unbranched alkanes of at least 4 members (excludes halogenated alkanes) is 1. The Morgan fingerprint density at radius 1 is 1.23 bits per heavy atom. The molecule has 3 amide bonds. The molecule has 1 atom stereocenters. The first kappa shape index (κ1) is 23.7. The molecule has 0 fully saturated rings. The van der Waals surface area contributed by atoms with Gasteiger partial charge in [0.15, 0.2) is 0 Å². The number of methoxy groups -OCH3 is 1. The van der Waals surface area contributed by atoms with Gasteiger partial charge in [0.1, 0.15) is 17.4 Å². The zero-order chi connectivity index (χ0) is 23.1. The summed E-state index contributed by atoms with van der Waals surface area (Å²) < 4.78 is 10.8. The van der Waals surface area contributed by atoms with Crippen LogP contribution in [-0.2, 0) is 16.0 Å². The fourth-order valence-corrected chi connectivity index (χ4v) is 3.35.